The number of hydrogen-bond acceptors (Lipinski definition) is 3. The van der Waals surface area contributed by atoms with E-state index in [-0.39, 0.29) is 31.7 Å². The highest BCUT2D eigenvalue weighted by Gasteiger charge is 2.50. The summed E-state index contributed by atoms with van der Waals surface area (Å²) in [6, 6.07) is 0.270. The first-order valence-corrected chi connectivity index (χ1v) is 6.30. The van der Waals surface area contributed by atoms with Crippen LogP contribution in [0, 0.1) is 5.92 Å². The van der Waals surface area contributed by atoms with Gasteiger partial charge in [0.05, 0.1) is 13.0 Å². The van der Waals surface area contributed by atoms with Crippen molar-refractivity contribution >= 4 is 5.97 Å². The van der Waals surface area contributed by atoms with Crippen LogP contribution < -0.4 is 5.32 Å². The molecule has 0 aromatic carbocycles. The van der Waals surface area contributed by atoms with Crippen molar-refractivity contribution < 1.29 is 22.7 Å². The maximum absolute atomic E-state index is 12.6. The number of carbonyl (C=O) groups is 1. The SMILES string of the molecule is COC(=O)C1(NC2CC2)CCC(C(F)(F)F)CC1. The fraction of sp³-hybridized carbons (Fsp3) is 0.917. The second-order valence-corrected chi connectivity index (χ2v) is 5.31. The van der Waals surface area contributed by atoms with Crippen LogP contribution in [0.4, 0.5) is 13.2 Å². The minimum Gasteiger partial charge on any atom is -0.468 e. The Hall–Kier alpha value is -0.780. The molecule has 0 radical (unpaired) electrons. The standard InChI is InChI=1S/C12H18F3NO2/c1-18-10(17)11(16-9-2-3-9)6-4-8(5-7-11)12(13,14)15/h8-9,16H,2-7H2,1H3. The maximum Gasteiger partial charge on any atom is 0.391 e. The summed E-state index contributed by atoms with van der Waals surface area (Å²) in [4.78, 5) is 11.8. The van der Waals surface area contributed by atoms with E-state index >= 15 is 0 Å². The molecule has 0 heterocycles. The summed E-state index contributed by atoms with van der Waals surface area (Å²) in [5.74, 6) is -1.70. The number of rotatable bonds is 3. The smallest absolute Gasteiger partial charge is 0.391 e. The molecule has 6 heteroatoms. The van der Waals surface area contributed by atoms with E-state index in [0.717, 1.165) is 12.8 Å². The van der Waals surface area contributed by atoms with Gasteiger partial charge >= 0.3 is 12.1 Å². The Labute approximate surface area is 104 Å². The Morgan fingerprint density at radius 3 is 2.17 bits per heavy atom. The molecule has 0 amide bonds. The quantitative estimate of drug-likeness (QED) is 0.796. The highest BCUT2D eigenvalue weighted by Crippen LogP contribution is 2.42. The fourth-order valence-corrected chi connectivity index (χ4v) is 2.66. The third kappa shape index (κ3) is 2.79. The van der Waals surface area contributed by atoms with E-state index in [0.29, 0.717) is 0 Å². The zero-order chi connectivity index (χ0) is 13.4. The lowest BCUT2D eigenvalue weighted by Gasteiger charge is -2.39. The van der Waals surface area contributed by atoms with E-state index < -0.39 is 23.6 Å². The van der Waals surface area contributed by atoms with Gasteiger partial charge in [0.25, 0.3) is 0 Å². The Kier molecular flexibility index (Phi) is 3.58. The molecule has 0 aromatic heterocycles. The Morgan fingerprint density at radius 2 is 1.78 bits per heavy atom. The van der Waals surface area contributed by atoms with Gasteiger partial charge in [-0.2, -0.15) is 13.2 Å². The predicted octanol–water partition coefficient (Wildman–Crippen LogP) is 2.40. The summed E-state index contributed by atoms with van der Waals surface area (Å²) in [7, 11) is 1.29. The molecule has 104 valence electrons. The van der Waals surface area contributed by atoms with Gasteiger partial charge in [0.1, 0.15) is 5.54 Å². The summed E-state index contributed by atoms with van der Waals surface area (Å²) in [6.07, 6.45) is -1.76. The summed E-state index contributed by atoms with van der Waals surface area (Å²) in [5.41, 5.74) is -0.891. The van der Waals surface area contributed by atoms with Crippen molar-refractivity contribution in [1.29, 1.82) is 0 Å². The van der Waals surface area contributed by atoms with Crippen LogP contribution in [0.5, 0.6) is 0 Å². The van der Waals surface area contributed by atoms with Crippen LogP contribution in [0.25, 0.3) is 0 Å². The van der Waals surface area contributed by atoms with E-state index in [2.05, 4.69) is 5.32 Å². The number of esters is 1. The molecule has 3 nitrogen and oxygen atoms in total. The monoisotopic (exact) mass is 265 g/mol. The molecule has 0 bridgehead atoms. The first-order chi connectivity index (χ1) is 8.37. The molecule has 0 saturated heterocycles. The van der Waals surface area contributed by atoms with Gasteiger partial charge in [-0.3, -0.25) is 10.1 Å². The molecule has 2 saturated carbocycles. The van der Waals surface area contributed by atoms with Gasteiger partial charge in [-0.25, -0.2) is 0 Å². The fourth-order valence-electron chi connectivity index (χ4n) is 2.66. The number of halogens is 3. The minimum atomic E-state index is -4.15. The molecule has 2 rings (SSSR count). The van der Waals surface area contributed by atoms with Gasteiger partial charge in [-0.15, -0.1) is 0 Å². The van der Waals surface area contributed by atoms with E-state index in [1.807, 2.05) is 0 Å². The van der Waals surface area contributed by atoms with E-state index in [1.54, 1.807) is 0 Å². The number of methoxy groups -OCH3 is 1. The minimum absolute atomic E-state index is 0.00167. The van der Waals surface area contributed by atoms with Crippen molar-refractivity contribution in [3.63, 3.8) is 0 Å². The first kappa shape index (κ1) is 13.6. The van der Waals surface area contributed by atoms with Gasteiger partial charge in [0.15, 0.2) is 0 Å². The van der Waals surface area contributed by atoms with Crippen molar-refractivity contribution in [2.24, 2.45) is 5.92 Å². The molecule has 2 aliphatic rings. The van der Waals surface area contributed by atoms with E-state index in [4.69, 9.17) is 4.74 Å². The summed E-state index contributed by atoms with van der Waals surface area (Å²) < 4.78 is 42.6. The Morgan fingerprint density at radius 1 is 1.22 bits per heavy atom. The second-order valence-electron chi connectivity index (χ2n) is 5.31. The number of ether oxygens (including phenoxy) is 1. The number of alkyl halides is 3. The molecule has 18 heavy (non-hydrogen) atoms. The highest BCUT2D eigenvalue weighted by atomic mass is 19.4. The molecular formula is C12H18F3NO2. The summed E-state index contributed by atoms with van der Waals surface area (Å²) in [5, 5.41) is 3.19. The molecule has 0 aliphatic heterocycles. The van der Waals surface area contributed by atoms with Crippen molar-refractivity contribution in [3.8, 4) is 0 Å². The first-order valence-electron chi connectivity index (χ1n) is 6.30. The molecule has 0 atom stereocenters. The van der Waals surface area contributed by atoms with Crippen LogP contribution in [0.2, 0.25) is 0 Å². The molecule has 0 aromatic rings. The predicted molar refractivity (Wildman–Crippen MR) is 58.9 cm³/mol. The zero-order valence-corrected chi connectivity index (χ0v) is 10.3. The van der Waals surface area contributed by atoms with Crippen molar-refractivity contribution in [3.05, 3.63) is 0 Å². The summed E-state index contributed by atoms with van der Waals surface area (Å²) in [6.45, 7) is 0. The van der Waals surface area contributed by atoms with Crippen LogP contribution in [0.15, 0.2) is 0 Å². The lowest BCUT2D eigenvalue weighted by molar-refractivity contribution is -0.188. The van der Waals surface area contributed by atoms with E-state index in [1.165, 1.54) is 7.11 Å². The van der Waals surface area contributed by atoms with Crippen LogP contribution in [0.3, 0.4) is 0 Å². The zero-order valence-electron chi connectivity index (χ0n) is 10.3. The van der Waals surface area contributed by atoms with Crippen molar-refractivity contribution in [2.75, 3.05) is 7.11 Å². The maximum atomic E-state index is 12.6. The van der Waals surface area contributed by atoms with Crippen LogP contribution in [-0.4, -0.2) is 30.8 Å². The van der Waals surface area contributed by atoms with Crippen LogP contribution in [0.1, 0.15) is 38.5 Å². The Bertz CT molecular complexity index is 318. The number of hydrogen-bond donors (Lipinski definition) is 1. The third-order valence-corrected chi connectivity index (χ3v) is 3.94. The van der Waals surface area contributed by atoms with E-state index in [9.17, 15) is 18.0 Å². The average molecular weight is 265 g/mol. The largest absolute Gasteiger partial charge is 0.468 e. The molecule has 0 spiro atoms. The molecule has 2 fully saturated rings. The third-order valence-electron chi connectivity index (χ3n) is 3.94. The van der Waals surface area contributed by atoms with Crippen LogP contribution >= 0.6 is 0 Å². The van der Waals surface area contributed by atoms with Gasteiger partial charge in [-0.1, -0.05) is 0 Å². The molecule has 2 aliphatic carbocycles. The van der Waals surface area contributed by atoms with Gasteiger partial charge in [-0.05, 0) is 38.5 Å². The average Bonchev–Trinajstić information content (AvgIpc) is 3.11. The normalized spacial score (nSPS) is 33.2. The molecular weight excluding hydrogens is 247 g/mol. The van der Waals surface area contributed by atoms with Gasteiger partial charge in [0, 0.05) is 6.04 Å². The molecule has 0 unspecified atom stereocenters. The topological polar surface area (TPSA) is 38.3 Å². The lowest BCUT2D eigenvalue weighted by Crippen LogP contribution is -2.56. The lowest BCUT2D eigenvalue weighted by atomic mass is 9.76. The molecule has 1 N–H and O–H groups in total. The summed E-state index contributed by atoms with van der Waals surface area (Å²) >= 11 is 0. The second kappa shape index (κ2) is 4.72. The Balaban J connectivity index is 2.02. The highest BCUT2D eigenvalue weighted by molar-refractivity contribution is 5.81. The van der Waals surface area contributed by atoms with Crippen LogP contribution in [-0.2, 0) is 9.53 Å². The number of carbonyl (C=O) groups excluding carboxylic acids is 1. The van der Waals surface area contributed by atoms with Crippen molar-refractivity contribution in [1.82, 2.24) is 5.32 Å². The van der Waals surface area contributed by atoms with Gasteiger partial charge in [0.2, 0.25) is 0 Å². The van der Waals surface area contributed by atoms with Crippen molar-refractivity contribution in [2.45, 2.75) is 56.3 Å². The number of nitrogens with one attached hydrogen (secondary N) is 1. The van der Waals surface area contributed by atoms with Gasteiger partial charge < -0.3 is 4.74 Å².